The molecule has 0 aliphatic carbocycles. The predicted octanol–water partition coefficient (Wildman–Crippen LogP) is 5.51. The fourth-order valence-electron chi connectivity index (χ4n) is 10.1. The lowest BCUT2D eigenvalue weighted by Gasteiger charge is -2.59. The standard InChI is InChI=1S/C40H82N4O4/c1-3-5-7-9-11-13-15-17-19-21-23-41-25-31-43(32-26-41,33-27-41)39(47)37(45)38(46)40(48)44-34-28-42(29-35-44,30-36-44)24-22-20-18-16-14-12-10-8-6-4-2/h37-40,45-48H,3-36H2,1-2H3/q+4/t37-,38-,39+,40+,41?,42?,43?,44?/m1/s1. The quantitative estimate of drug-likeness (QED) is 0.0681. The van der Waals surface area contributed by atoms with Crippen molar-refractivity contribution in [1.29, 1.82) is 0 Å². The average molecular weight is 683 g/mol. The molecule has 6 heterocycles. The SMILES string of the molecule is CCCCCCCCCCCC[N+]12CC[N+]([C@@H](O)[C@H](O)[C@@H](O)[C@H](O)[N+]34CC[N+](CCCCCCCCCCCC)(CC3)CC4)(CC1)CC2. The van der Waals surface area contributed by atoms with Crippen LogP contribution in [0.15, 0.2) is 0 Å². The number of quaternary nitrogens is 4. The second kappa shape index (κ2) is 20.1. The fraction of sp³-hybridized carbons (Fsp3) is 1.00. The second-order valence-corrected chi connectivity index (χ2v) is 17.4. The van der Waals surface area contributed by atoms with E-state index in [1.807, 2.05) is 0 Å². The number of hydrogen-bond donors (Lipinski definition) is 4. The first kappa shape index (κ1) is 40.5. The van der Waals surface area contributed by atoms with Crippen LogP contribution in [-0.2, 0) is 0 Å². The largest absolute Gasteiger partial charge is 0.381 e. The number of aliphatic hydroxyl groups excluding tert-OH is 4. The molecule has 8 heteroatoms. The number of fused-ring (bicyclic) bond motifs is 6. The van der Waals surface area contributed by atoms with E-state index >= 15 is 0 Å². The molecule has 48 heavy (non-hydrogen) atoms. The molecule has 0 amide bonds. The zero-order valence-electron chi connectivity index (χ0n) is 31.9. The molecule has 4 N–H and O–H groups in total. The topological polar surface area (TPSA) is 80.9 Å². The number of aliphatic hydroxyl groups is 4. The van der Waals surface area contributed by atoms with Crippen molar-refractivity contribution in [3.8, 4) is 0 Å². The van der Waals surface area contributed by atoms with Crippen LogP contribution in [0, 0.1) is 0 Å². The number of piperazine rings is 6. The lowest BCUT2D eigenvalue weighted by atomic mass is 9.97. The van der Waals surface area contributed by atoms with E-state index in [2.05, 4.69) is 13.8 Å². The number of nitrogens with zero attached hydrogens (tertiary/aromatic N) is 4. The van der Waals surface area contributed by atoms with Gasteiger partial charge in [0.2, 0.25) is 12.5 Å². The van der Waals surface area contributed by atoms with Crippen molar-refractivity contribution in [3.05, 3.63) is 0 Å². The normalized spacial score (nSPS) is 32.4. The summed E-state index contributed by atoms with van der Waals surface area (Å²) in [7, 11) is 0. The molecule has 0 unspecified atom stereocenters. The van der Waals surface area contributed by atoms with Crippen molar-refractivity contribution >= 4 is 0 Å². The highest BCUT2D eigenvalue weighted by molar-refractivity contribution is 4.78. The van der Waals surface area contributed by atoms with Crippen molar-refractivity contribution in [3.63, 3.8) is 0 Å². The van der Waals surface area contributed by atoms with Crippen molar-refractivity contribution in [1.82, 2.24) is 0 Å². The Kier molecular flexibility index (Phi) is 16.9. The number of hydrogen-bond acceptors (Lipinski definition) is 4. The van der Waals surface area contributed by atoms with E-state index in [1.54, 1.807) is 0 Å². The first-order valence-electron chi connectivity index (χ1n) is 21.4. The summed E-state index contributed by atoms with van der Waals surface area (Å²) in [6.45, 7) is 18.5. The first-order valence-corrected chi connectivity index (χ1v) is 21.4. The van der Waals surface area contributed by atoms with E-state index < -0.39 is 24.7 Å². The summed E-state index contributed by atoms with van der Waals surface area (Å²) in [6, 6.07) is 0. The summed E-state index contributed by atoms with van der Waals surface area (Å²) in [5, 5.41) is 45.8. The summed E-state index contributed by atoms with van der Waals surface area (Å²) in [4.78, 5) is 0. The Morgan fingerprint density at radius 2 is 0.562 bits per heavy atom. The Balaban J connectivity index is 1.12. The van der Waals surface area contributed by atoms with Gasteiger partial charge in [-0.05, 0) is 25.7 Å². The lowest BCUT2D eigenvalue weighted by Crippen LogP contribution is -2.81. The van der Waals surface area contributed by atoms with Crippen molar-refractivity contribution in [2.75, 3.05) is 91.6 Å². The van der Waals surface area contributed by atoms with Gasteiger partial charge in [0.15, 0.2) is 12.2 Å². The minimum atomic E-state index is -1.32. The van der Waals surface area contributed by atoms with Gasteiger partial charge in [-0.2, -0.15) is 0 Å². The zero-order chi connectivity index (χ0) is 34.4. The molecule has 4 atom stereocenters. The molecular formula is C40H82N4O4+4. The zero-order valence-corrected chi connectivity index (χ0v) is 31.9. The van der Waals surface area contributed by atoms with Crippen LogP contribution in [0.4, 0.5) is 0 Å². The fourth-order valence-corrected chi connectivity index (χ4v) is 10.1. The van der Waals surface area contributed by atoms with Crippen molar-refractivity contribution in [2.45, 2.75) is 167 Å². The van der Waals surface area contributed by atoms with E-state index in [9.17, 15) is 20.4 Å². The Hall–Kier alpha value is -0.320. The van der Waals surface area contributed by atoms with Crippen LogP contribution in [0.3, 0.4) is 0 Å². The molecule has 4 bridgehead atoms. The van der Waals surface area contributed by atoms with E-state index in [1.165, 1.54) is 150 Å². The third kappa shape index (κ3) is 10.8. The smallest absolute Gasteiger partial charge is 0.220 e. The molecule has 0 aromatic carbocycles. The highest BCUT2D eigenvalue weighted by Crippen LogP contribution is 2.34. The third-order valence-corrected chi connectivity index (χ3v) is 14.2. The van der Waals surface area contributed by atoms with Crippen LogP contribution in [0.5, 0.6) is 0 Å². The van der Waals surface area contributed by atoms with Crippen LogP contribution in [-0.4, -0.2) is 155 Å². The molecule has 0 aromatic heterocycles. The van der Waals surface area contributed by atoms with Crippen LogP contribution in [0.25, 0.3) is 0 Å². The van der Waals surface area contributed by atoms with Gasteiger partial charge in [0.05, 0.1) is 13.1 Å². The highest BCUT2D eigenvalue weighted by Gasteiger charge is 2.59. The summed E-state index contributed by atoms with van der Waals surface area (Å²) in [6.07, 6.45) is 22.7. The number of unbranched alkanes of at least 4 members (excludes halogenated alkanes) is 18. The molecule has 6 saturated heterocycles. The van der Waals surface area contributed by atoms with E-state index in [4.69, 9.17) is 0 Å². The Bertz CT molecular complexity index is 770. The molecule has 0 spiro atoms. The van der Waals surface area contributed by atoms with E-state index in [0.717, 1.165) is 78.5 Å². The van der Waals surface area contributed by atoms with Crippen molar-refractivity contribution < 1.29 is 38.4 Å². The molecule has 0 saturated carbocycles. The molecule has 6 aliphatic rings. The van der Waals surface area contributed by atoms with Gasteiger partial charge in [-0.3, -0.25) is 8.97 Å². The maximum absolute atomic E-state index is 11.5. The Labute approximate surface area is 296 Å². The van der Waals surface area contributed by atoms with Gasteiger partial charge >= 0.3 is 0 Å². The molecule has 6 rings (SSSR count). The molecule has 6 fully saturated rings. The highest BCUT2D eigenvalue weighted by atomic mass is 16.4. The van der Waals surface area contributed by atoms with Crippen LogP contribution >= 0.6 is 0 Å². The average Bonchev–Trinajstić information content (AvgIpc) is 3.13. The third-order valence-electron chi connectivity index (χ3n) is 14.2. The van der Waals surface area contributed by atoms with Crippen LogP contribution in [0.2, 0.25) is 0 Å². The lowest BCUT2D eigenvalue weighted by molar-refractivity contribution is -1.10. The van der Waals surface area contributed by atoms with E-state index in [-0.39, 0.29) is 0 Å². The van der Waals surface area contributed by atoms with Gasteiger partial charge in [0.1, 0.15) is 78.5 Å². The van der Waals surface area contributed by atoms with Gasteiger partial charge in [0, 0.05) is 0 Å². The monoisotopic (exact) mass is 683 g/mol. The van der Waals surface area contributed by atoms with Gasteiger partial charge in [-0.15, -0.1) is 0 Å². The minimum absolute atomic E-state index is 0.488. The molecule has 0 radical (unpaired) electrons. The molecule has 0 aromatic rings. The van der Waals surface area contributed by atoms with E-state index in [0.29, 0.717) is 8.97 Å². The molecule has 8 nitrogen and oxygen atoms in total. The summed E-state index contributed by atoms with van der Waals surface area (Å²) >= 11 is 0. The summed E-state index contributed by atoms with van der Waals surface area (Å²) in [5.41, 5.74) is 0. The van der Waals surface area contributed by atoms with Crippen LogP contribution < -0.4 is 0 Å². The van der Waals surface area contributed by atoms with Gasteiger partial charge in [0.25, 0.3) is 0 Å². The second-order valence-electron chi connectivity index (χ2n) is 17.4. The minimum Gasteiger partial charge on any atom is -0.381 e. The van der Waals surface area contributed by atoms with Gasteiger partial charge in [-0.25, -0.2) is 0 Å². The summed E-state index contributed by atoms with van der Waals surface area (Å²) in [5.74, 6) is 0. The van der Waals surface area contributed by atoms with Gasteiger partial charge in [-0.1, -0.05) is 117 Å². The maximum Gasteiger partial charge on any atom is 0.220 e. The number of rotatable bonds is 27. The van der Waals surface area contributed by atoms with Crippen LogP contribution in [0.1, 0.15) is 142 Å². The molecule has 6 aliphatic heterocycles. The van der Waals surface area contributed by atoms with Gasteiger partial charge < -0.3 is 29.4 Å². The Morgan fingerprint density at radius 3 is 0.812 bits per heavy atom. The first-order chi connectivity index (χ1) is 23.3. The predicted molar refractivity (Wildman–Crippen MR) is 197 cm³/mol. The molecule has 282 valence electrons. The maximum atomic E-state index is 11.5. The van der Waals surface area contributed by atoms with Crippen molar-refractivity contribution in [2.24, 2.45) is 0 Å². The Morgan fingerprint density at radius 1 is 0.333 bits per heavy atom. The summed E-state index contributed by atoms with van der Waals surface area (Å²) < 4.78 is 3.32. The molecular weight excluding hydrogens is 600 g/mol.